The molecule has 5 heteroatoms. The number of amides is 1. The van der Waals surface area contributed by atoms with Gasteiger partial charge in [0.25, 0.3) is 0 Å². The van der Waals surface area contributed by atoms with Crippen LogP contribution < -0.4 is 4.74 Å². The number of hydrogen-bond acceptors (Lipinski definition) is 3. The van der Waals surface area contributed by atoms with Crippen LogP contribution in [0.5, 0.6) is 5.75 Å². The first-order valence-corrected chi connectivity index (χ1v) is 11.8. The molecule has 176 valence electrons. The smallest absolute Gasteiger partial charge is 0.341 e. The van der Waals surface area contributed by atoms with Gasteiger partial charge < -0.3 is 14.7 Å². The fourth-order valence-electron chi connectivity index (χ4n) is 4.90. The first-order valence-electron chi connectivity index (χ1n) is 11.8. The molecular weight excluding hydrogens is 426 g/mol. The molecule has 34 heavy (non-hydrogen) atoms. The molecule has 0 bridgehead atoms. The van der Waals surface area contributed by atoms with E-state index in [1.54, 1.807) is 0 Å². The van der Waals surface area contributed by atoms with Crippen LogP contribution >= 0.6 is 0 Å². The molecule has 1 atom stereocenters. The lowest BCUT2D eigenvalue weighted by molar-refractivity contribution is -0.139. The summed E-state index contributed by atoms with van der Waals surface area (Å²) in [5, 5.41) is 8.92. The summed E-state index contributed by atoms with van der Waals surface area (Å²) in [6.45, 7) is 0.371. The number of carboxylic acids is 1. The fraction of sp³-hybridized carbons (Fsp3) is 0.310. The Hall–Kier alpha value is -3.60. The van der Waals surface area contributed by atoms with Crippen molar-refractivity contribution in [1.29, 1.82) is 0 Å². The van der Waals surface area contributed by atoms with Crippen molar-refractivity contribution in [2.24, 2.45) is 5.92 Å². The molecule has 1 aliphatic carbocycles. The largest absolute Gasteiger partial charge is 0.482 e. The van der Waals surface area contributed by atoms with Crippen molar-refractivity contribution in [2.75, 3.05) is 20.2 Å². The second-order valence-corrected chi connectivity index (χ2v) is 9.04. The Morgan fingerprint density at radius 3 is 2.24 bits per heavy atom. The highest BCUT2D eigenvalue weighted by molar-refractivity contribution is 5.77. The minimum Gasteiger partial charge on any atom is -0.482 e. The maximum absolute atomic E-state index is 13.3. The van der Waals surface area contributed by atoms with E-state index < -0.39 is 5.97 Å². The lowest BCUT2D eigenvalue weighted by Crippen LogP contribution is -2.35. The lowest BCUT2D eigenvalue weighted by Gasteiger charge is -2.30. The van der Waals surface area contributed by atoms with Gasteiger partial charge in [0.2, 0.25) is 5.91 Å². The summed E-state index contributed by atoms with van der Waals surface area (Å²) in [5.74, 6) is 0.218. The quantitative estimate of drug-likeness (QED) is 0.495. The predicted molar refractivity (Wildman–Crippen MR) is 132 cm³/mol. The second kappa shape index (κ2) is 11.0. The van der Waals surface area contributed by atoms with Gasteiger partial charge in [-0.2, -0.15) is 0 Å². The normalized spacial score (nSPS) is 14.9. The zero-order valence-corrected chi connectivity index (χ0v) is 19.5. The van der Waals surface area contributed by atoms with Gasteiger partial charge in [0.05, 0.1) is 0 Å². The highest BCUT2D eigenvalue weighted by atomic mass is 16.5. The molecule has 1 unspecified atom stereocenters. The van der Waals surface area contributed by atoms with E-state index in [2.05, 4.69) is 30.3 Å². The topological polar surface area (TPSA) is 66.8 Å². The van der Waals surface area contributed by atoms with Crippen LogP contribution in [-0.2, 0) is 22.4 Å². The third kappa shape index (κ3) is 5.84. The van der Waals surface area contributed by atoms with Gasteiger partial charge in [-0.25, -0.2) is 4.79 Å². The summed E-state index contributed by atoms with van der Waals surface area (Å²) in [6, 6.07) is 26.3. The molecule has 0 aliphatic heterocycles. The van der Waals surface area contributed by atoms with Crippen LogP contribution in [0.1, 0.15) is 41.0 Å². The maximum Gasteiger partial charge on any atom is 0.341 e. The molecule has 0 fully saturated rings. The van der Waals surface area contributed by atoms with Gasteiger partial charge in [-0.05, 0) is 53.5 Å². The Morgan fingerprint density at radius 2 is 1.62 bits per heavy atom. The van der Waals surface area contributed by atoms with Crippen molar-refractivity contribution in [3.8, 4) is 5.75 Å². The molecule has 1 amide bonds. The molecular formula is C29H31NO4. The summed E-state index contributed by atoms with van der Waals surface area (Å²) in [6.07, 6.45) is 3.06. The highest BCUT2D eigenvalue weighted by Crippen LogP contribution is 2.33. The Morgan fingerprint density at radius 1 is 0.971 bits per heavy atom. The van der Waals surface area contributed by atoms with Gasteiger partial charge >= 0.3 is 5.97 Å². The molecule has 3 aromatic carbocycles. The van der Waals surface area contributed by atoms with Gasteiger partial charge in [-0.15, -0.1) is 0 Å². The average molecular weight is 458 g/mol. The molecule has 1 N–H and O–H groups in total. The third-order valence-corrected chi connectivity index (χ3v) is 6.63. The number of hydrogen-bond donors (Lipinski definition) is 1. The van der Waals surface area contributed by atoms with Crippen LogP contribution in [0.2, 0.25) is 0 Å². The molecule has 0 saturated heterocycles. The van der Waals surface area contributed by atoms with E-state index in [1.165, 1.54) is 5.56 Å². The number of nitrogens with zero attached hydrogens (tertiary/aromatic N) is 1. The summed E-state index contributed by atoms with van der Waals surface area (Å²) in [5.41, 5.74) is 4.58. The van der Waals surface area contributed by atoms with Crippen LogP contribution in [0.4, 0.5) is 0 Å². The van der Waals surface area contributed by atoms with Gasteiger partial charge in [0.1, 0.15) is 5.75 Å². The molecule has 5 nitrogen and oxygen atoms in total. The van der Waals surface area contributed by atoms with Crippen molar-refractivity contribution in [2.45, 2.75) is 31.6 Å². The molecule has 1 aliphatic rings. The van der Waals surface area contributed by atoms with E-state index in [9.17, 15) is 9.59 Å². The van der Waals surface area contributed by atoms with Crippen molar-refractivity contribution < 1.29 is 19.4 Å². The van der Waals surface area contributed by atoms with E-state index in [-0.39, 0.29) is 18.4 Å². The van der Waals surface area contributed by atoms with Crippen LogP contribution in [-0.4, -0.2) is 42.1 Å². The molecule has 3 aromatic rings. The Bertz CT molecular complexity index is 1070. The highest BCUT2D eigenvalue weighted by Gasteiger charge is 2.26. The summed E-state index contributed by atoms with van der Waals surface area (Å²) < 4.78 is 5.48. The van der Waals surface area contributed by atoms with Crippen molar-refractivity contribution in [3.63, 3.8) is 0 Å². The molecule has 0 heterocycles. The first kappa shape index (κ1) is 23.6. The number of rotatable bonds is 9. The average Bonchev–Trinajstić information content (AvgIpc) is 2.86. The van der Waals surface area contributed by atoms with E-state index in [4.69, 9.17) is 9.84 Å². The second-order valence-electron chi connectivity index (χ2n) is 9.04. The van der Waals surface area contributed by atoms with Crippen LogP contribution in [0.15, 0.2) is 78.9 Å². The zero-order chi connectivity index (χ0) is 23.9. The van der Waals surface area contributed by atoms with Crippen molar-refractivity contribution in [3.05, 3.63) is 101 Å². The number of carbonyl (C=O) groups excluding carboxylic acids is 1. The van der Waals surface area contributed by atoms with Gasteiger partial charge in [0.15, 0.2) is 6.61 Å². The van der Waals surface area contributed by atoms with Gasteiger partial charge in [-0.1, -0.05) is 72.8 Å². The summed E-state index contributed by atoms with van der Waals surface area (Å²) >= 11 is 0. The molecule has 4 rings (SSSR count). The maximum atomic E-state index is 13.3. The van der Waals surface area contributed by atoms with Gasteiger partial charge in [-0.3, -0.25) is 4.79 Å². The molecule has 0 saturated carbocycles. The minimum absolute atomic E-state index is 0.0263. The first-order chi connectivity index (χ1) is 16.5. The van der Waals surface area contributed by atoms with Crippen molar-refractivity contribution >= 4 is 11.9 Å². The third-order valence-electron chi connectivity index (χ3n) is 6.63. The lowest BCUT2D eigenvalue weighted by atomic mass is 9.83. The number of aliphatic carboxylic acids is 1. The summed E-state index contributed by atoms with van der Waals surface area (Å²) in [4.78, 5) is 26.0. The Balaban J connectivity index is 1.41. The van der Waals surface area contributed by atoms with Crippen LogP contribution in [0, 0.1) is 5.92 Å². The predicted octanol–water partition coefficient (Wildman–Crippen LogP) is 4.94. The van der Waals surface area contributed by atoms with Crippen LogP contribution in [0.25, 0.3) is 0 Å². The molecule has 0 spiro atoms. The fourth-order valence-corrected chi connectivity index (χ4v) is 4.90. The SMILES string of the molecule is CN(CC1CCc2c(cccc2OCC(=O)O)C1)C(=O)CC(c1ccccc1)c1ccccc1. The van der Waals surface area contributed by atoms with E-state index in [1.807, 2.05) is 60.5 Å². The van der Waals surface area contributed by atoms with E-state index >= 15 is 0 Å². The number of benzene rings is 3. The number of ether oxygens (including phenoxy) is 1. The zero-order valence-electron chi connectivity index (χ0n) is 19.5. The standard InChI is InChI=1S/C29H31NO4/c1-30(19-21-15-16-25-24(17-21)13-8-14-27(25)34-20-29(32)33)28(31)18-26(22-9-4-2-5-10-22)23-11-6-3-7-12-23/h2-14,21,26H,15-20H2,1H3,(H,32,33). The minimum atomic E-state index is -0.976. The number of carbonyl (C=O) groups is 2. The molecule has 0 aromatic heterocycles. The summed E-state index contributed by atoms with van der Waals surface area (Å²) in [7, 11) is 1.90. The van der Waals surface area contributed by atoms with Crippen LogP contribution in [0.3, 0.4) is 0 Å². The Kier molecular flexibility index (Phi) is 7.63. The monoisotopic (exact) mass is 457 g/mol. The van der Waals surface area contributed by atoms with E-state index in [0.717, 1.165) is 36.0 Å². The number of carboxylic acid groups (broad SMARTS) is 1. The van der Waals surface area contributed by atoms with Crippen molar-refractivity contribution in [1.82, 2.24) is 4.90 Å². The number of fused-ring (bicyclic) bond motifs is 1. The Labute approximate surface area is 201 Å². The molecule has 0 radical (unpaired) electrons. The van der Waals surface area contributed by atoms with Gasteiger partial charge in [0, 0.05) is 25.9 Å². The van der Waals surface area contributed by atoms with E-state index in [0.29, 0.717) is 24.6 Å².